The number of hydrogen-bond acceptors (Lipinski definition) is 10. The average Bonchev–Trinajstić information content (AvgIpc) is 2.87. The standard InChI is InChI=1S/C26H24N2O8/c1-15-19(17-11-7-5-8-12-17)21(29)35-25(27-15,23(31)33-3)26(24(32)34-4)28-16(2)20(22(30)36-26)18-13-9-6-10-14-18/h5-14,27-28H,1-4H3/t25-,26+. The Bertz CT molecular complexity index is 1200. The Labute approximate surface area is 206 Å². The van der Waals surface area contributed by atoms with Gasteiger partial charge in [0, 0.05) is 11.4 Å². The topological polar surface area (TPSA) is 129 Å². The van der Waals surface area contributed by atoms with Crippen LogP contribution in [0, 0.1) is 0 Å². The quantitative estimate of drug-likeness (QED) is 0.471. The minimum absolute atomic E-state index is 0.120. The highest BCUT2D eigenvalue weighted by atomic mass is 16.7. The summed E-state index contributed by atoms with van der Waals surface area (Å²) in [6, 6.07) is 17.2. The highest BCUT2D eigenvalue weighted by molar-refractivity contribution is 6.21. The van der Waals surface area contributed by atoms with E-state index in [1.807, 2.05) is 0 Å². The highest BCUT2D eigenvalue weighted by Gasteiger charge is 2.73. The van der Waals surface area contributed by atoms with Gasteiger partial charge in [0.2, 0.25) is 0 Å². The molecule has 0 bridgehead atoms. The lowest BCUT2D eigenvalue weighted by Gasteiger charge is -2.48. The molecule has 2 atom stereocenters. The van der Waals surface area contributed by atoms with Crippen LogP contribution < -0.4 is 10.6 Å². The molecule has 36 heavy (non-hydrogen) atoms. The fourth-order valence-electron chi connectivity index (χ4n) is 4.35. The highest BCUT2D eigenvalue weighted by Crippen LogP contribution is 2.40. The number of nitrogens with one attached hydrogen (secondary N) is 2. The van der Waals surface area contributed by atoms with E-state index < -0.39 is 35.3 Å². The van der Waals surface area contributed by atoms with Gasteiger partial charge in [0.05, 0.1) is 25.4 Å². The van der Waals surface area contributed by atoms with Gasteiger partial charge >= 0.3 is 35.3 Å². The molecule has 2 aromatic carbocycles. The molecule has 186 valence electrons. The van der Waals surface area contributed by atoms with Crippen molar-refractivity contribution in [1.82, 2.24) is 10.6 Å². The Kier molecular flexibility index (Phi) is 6.28. The number of allylic oxidation sites excluding steroid dienone is 2. The summed E-state index contributed by atoms with van der Waals surface area (Å²) in [6.45, 7) is 3.04. The van der Waals surface area contributed by atoms with Crippen molar-refractivity contribution >= 4 is 35.0 Å². The number of carbonyl (C=O) groups excluding carboxylic acids is 4. The van der Waals surface area contributed by atoms with Crippen molar-refractivity contribution < 1.29 is 38.1 Å². The van der Waals surface area contributed by atoms with Crippen LogP contribution in [0.1, 0.15) is 25.0 Å². The van der Waals surface area contributed by atoms with Crippen molar-refractivity contribution in [1.29, 1.82) is 0 Å². The predicted molar refractivity (Wildman–Crippen MR) is 126 cm³/mol. The lowest BCUT2D eigenvalue weighted by Crippen LogP contribution is -2.80. The van der Waals surface area contributed by atoms with E-state index in [9.17, 15) is 19.2 Å². The van der Waals surface area contributed by atoms with Gasteiger partial charge in [-0.1, -0.05) is 60.7 Å². The third-order valence-corrected chi connectivity index (χ3v) is 5.94. The van der Waals surface area contributed by atoms with Crippen LogP contribution in [0.3, 0.4) is 0 Å². The predicted octanol–water partition coefficient (Wildman–Crippen LogP) is 1.88. The molecular weight excluding hydrogens is 468 g/mol. The zero-order valence-corrected chi connectivity index (χ0v) is 20.0. The first-order valence-electron chi connectivity index (χ1n) is 10.9. The lowest BCUT2D eigenvalue weighted by atomic mass is 9.90. The maximum atomic E-state index is 13.3. The fourth-order valence-corrected chi connectivity index (χ4v) is 4.35. The molecule has 10 nitrogen and oxygen atoms in total. The summed E-state index contributed by atoms with van der Waals surface area (Å²) in [5.41, 5.74) is -3.70. The van der Waals surface area contributed by atoms with E-state index in [-0.39, 0.29) is 22.5 Å². The smallest absolute Gasteiger partial charge is 0.379 e. The molecule has 4 rings (SSSR count). The maximum Gasteiger partial charge on any atom is 0.379 e. The molecule has 0 aliphatic carbocycles. The molecule has 0 amide bonds. The summed E-state index contributed by atoms with van der Waals surface area (Å²) < 4.78 is 21.1. The van der Waals surface area contributed by atoms with Crippen LogP contribution in [0.2, 0.25) is 0 Å². The molecule has 0 spiro atoms. The minimum atomic E-state index is -2.66. The Morgan fingerprint density at radius 2 is 1.00 bits per heavy atom. The molecule has 2 aliphatic heterocycles. The second-order valence-electron chi connectivity index (χ2n) is 8.11. The molecule has 0 radical (unpaired) electrons. The van der Waals surface area contributed by atoms with Crippen molar-refractivity contribution in [2.45, 2.75) is 25.3 Å². The van der Waals surface area contributed by atoms with Crippen molar-refractivity contribution in [2.24, 2.45) is 0 Å². The summed E-state index contributed by atoms with van der Waals surface area (Å²) >= 11 is 0. The van der Waals surface area contributed by atoms with Crippen LogP contribution in [-0.4, -0.2) is 49.5 Å². The first-order valence-corrected chi connectivity index (χ1v) is 10.9. The molecule has 0 unspecified atom stereocenters. The van der Waals surface area contributed by atoms with Crippen molar-refractivity contribution in [3.63, 3.8) is 0 Å². The van der Waals surface area contributed by atoms with Gasteiger partial charge in [-0.05, 0) is 25.0 Å². The molecule has 2 heterocycles. The molecule has 0 saturated carbocycles. The lowest BCUT2D eigenvalue weighted by molar-refractivity contribution is -0.240. The summed E-state index contributed by atoms with van der Waals surface area (Å²) in [4.78, 5) is 53.2. The maximum absolute atomic E-state index is 13.3. The number of esters is 4. The first kappa shape index (κ1) is 24.5. The Morgan fingerprint density at radius 1 is 0.667 bits per heavy atom. The number of benzene rings is 2. The van der Waals surface area contributed by atoms with Gasteiger partial charge in [-0.2, -0.15) is 0 Å². The van der Waals surface area contributed by atoms with Gasteiger partial charge in [-0.25, -0.2) is 19.2 Å². The SMILES string of the molecule is COC(=O)[C@]1([C@]2(C(=O)OC)NC(C)=C(c3ccccc3)C(=O)O2)NC(C)=C(c2ccccc2)C(=O)O1. The van der Waals surface area contributed by atoms with E-state index in [1.165, 1.54) is 13.8 Å². The third-order valence-electron chi connectivity index (χ3n) is 5.94. The normalized spacial score (nSPS) is 23.7. The van der Waals surface area contributed by atoms with Crippen LogP contribution >= 0.6 is 0 Å². The number of ether oxygens (including phenoxy) is 4. The number of methoxy groups -OCH3 is 2. The molecular formula is C26H24N2O8. The summed E-state index contributed by atoms with van der Waals surface area (Å²) in [6.07, 6.45) is 0. The van der Waals surface area contributed by atoms with Gasteiger partial charge < -0.3 is 29.6 Å². The fraction of sp³-hybridized carbons (Fsp3) is 0.231. The minimum Gasteiger partial charge on any atom is -0.464 e. The van der Waals surface area contributed by atoms with Crippen molar-refractivity contribution in [2.75, 3.05) is 14.2 Å². The summed E-state index contributed by atoms with van der Waals surface area (Å²) in [7, 11) is 2.08. The van der Waals surface area contributed by atoms with E-state index in [4.69, 9.17) is 18.9 Å². The Balaban J connectivity index is 1.92. The molecule has 2 aliphatic rings. The Morgan fingerprint density at radius 3 is 1.28 bits per heavy atom. The number of hydrogen-bond donors (Lipinski definition) is 2. The van der Waals surface area contributed by atoms with Gasteiger partial charge in [0.15, 0.2) is 0 Å². The van der Waals surface area contributed by atoms with Crippen LogP contribution in [-0.2, 0) is 38.1 Å². The molecule has 0 fully saturated rings. The third kappa shape index (κ3) is 3.67. The number of rotatable bonds is 5. The van der Waals surface area contributed by atoms with Crippen LogP contribution in [0.25, 0.3) is 11.1 Å². The average molecular weight is 492 g/mol. The van der Waals surface area contributed by atoms with Gasteiger partial charge in [-0.3, -0.25) is 0 Å². The molecule has 2 N–H and O–H groups in total. The van der Waals surface area contributed by atoms with E-state index in [1.54, 1.807) is 60.7 Å². The first-order chi connectivity index (χ1) is 17.2. The second-order valence-corrected chi connectivity index (χ2v) is 8.11. The van der Waals surface area contributed by atoms with Crippen LogP contribution in [0.15, 0.2) is 72.1 Å². The van der Waals surface area contributed by atoms with E-state index in [0.29, 0.717) is 11.1 Å². The second kappa shape index (κ2) is 9.21. The molecule has 2 aromatic rings. The molecule has 0 aromatic heterocycles. The summed E-state index contributed by atoms with van der Waals surface area (Å²) in [5.74, 6) is -4.30. The van der Waals surface area contributed by atoms with Crippen LogP contribution in [0.5, 0.6) is 0 Å². The van der Waals surface area contributed by atoms with E-state index in [2.05, 4.69) is 10.6 Å². The zero-order chi connectivity index (χ0) is 26.1. The molecule has 0 saturated heterocycles. The van der Waals surface area contributed by atoms with E-state index >= 15 is 0 Å². The molecule has 10 heteroatoms. The summed E-state index contributed by atoms with van der Waals surface area (Å²) in [5, 5.41) is 5.56. The van der Waals surface area contributed by atoms with Gasteiger partial charge in [0.1, 0.15) is 0 Å². The van der Waals surface area contributed by atoms with E-state index in [0.717, 1.165) is 14.2 Å². The van der Waals surface area contributed by atoms with Crippen molar-refractivity contribution in [3.8, 4) is 0 Å². The van der Waals surface area contributed by atoms with Gasteiger partial charge in [0.25, 0.3) is 0 Å². The monoisotopic (exact) mass is 492 g/mol. The van der Waals surface area contributed by atoms with Crippen molar-refractivity contribution in [3.05, 3.63) is 83.2 Å². The number of carbonyl (C=O) groups is 4. The van der Waals surface area contributed by atoms with Crippen LogP contribution in [0.4, 0.5) is 0 Å². The zero-order valence-electron chi connectivity index (χ0n) is 20.0. The number of cyclic esters (lactones) is 2. The Hall–Kier alpha value is -4.60. The van der Waals surface area contributed by atoms with Gasteiger partial charge in [-0.15, -0.1) is 0 Å². The largest absolute Gasteiger partial charge is 0.464 e.